The third kappa shape index (κ3) is 13.3. The summed E-state index contributed by atoms with van der Waals surface area (Å²) in [5, 5.41) is 0. The third-order valence-electron chi connectivity index (χ3n) is 1.87. The minimum absolute atomic E-state index is 1.18. The van der Waals surface area contributed by atoms with E-state index in [2.05, 4.69) is 33.2 Å². The summed E-state index contributed by atoms with van der Waals surface area (Å²) in [6.07, 6.45) is 5.72. The van der Waals surface area contributed by atoms with E-state index in [1.807, 2.05) is 6.08 Å². The summed E-state index contributed by atoms with van der Waals surface area (Å²) >= 11 is 0. The van der Waals surface area contributed by atoms with Crippen LogP contribution in [0.2, 0.25) is 0 Å². The molecule has 0 saturated carbocycles. The summed E-state index contributed by atoms with van der Waals surface area (Å²) in [5.41, 5.74) is 1.58. The van der Waals surface area contributed by atoms with E-state index < -0.39 is 8.80 Å². The van der Waals surface area contributed by atoms with Gasteiger partial charge in [-0.15, -0.1) is 19.7 Å². The van der Waals surface area contributed by atoms with E-state index >= 15 is 0 Å². The van der Waals surface area contributed by atoms with E-state index in [0.29, 0.717) is 0 Å². The standard InChI is InChI=1S/C6H12.C5H12O3Si.C2H4/c1-3-5-6-4-2;1-5-9(6-2,7-3)8-4;1-2/h3H,1,4-6H2,2H3;5H,1H2,2-4H3;1-2H2. The molecule has 0 atom stereocenters. The first-order valence-electron chi connectivity index (χ1n) is 5.56. The predicted molar refractivity (Wildman–Crippen MR) is 78.0 cm³/mol. The lowest BCUT2D eigenvalue weighted by Gasteiger charge is -2.19. The van der Waals surface area contributed by atoms with Crippen LogP contribution in [0.4, 0.5) is 0 Å². The van der Waals surface area contributed by atoms with E-state index in [0.717, 1.165) is 0 Å². The first-order valence-corrected chi connectivity index (χ1v) is 7.36. The molecule has 4 heteroatoms. The average molecular weight is 260 g/mol. The SMILES string of the molecule is C=C.C=CCCCC.C=C[Si](OC)(OC)OC. The Hall–Kier alpha value is -0.683. The Kier molecular flexibility index (Phi) is 22.5. The van der Waals surface area contributed by atoms with Crippen LogP contribution in [0.1, 0.15) is 26.2 Å². The van der Waals surface area contributed by atoms with Crippen molar-refractivity contribution < 1.29 is 13.3 Å². The molecule has 3 nitrogen and oxygen atoms in total. The molecule has 0 amide bonds. The fraction of sp³-hybridized carbons (Fsp3) is 0.538. The first kappa shape index (κ1) is 21.6. The zero-order valence-corrected chi connectivity index (χ0v) is 12.8. The number of hydrogen-bond acceptors (Lipinski definition) is 3. The van der Waals surface area contributed by atoms with Crippen molar-refractivity contribution >= 4 is 8.80 Å². The summed E-state index contributed by atoms with van der Waals surface area (Å²) in [6.45, 7) is 15.3. The van der Waals surface area contributed by atoms with Crippen molar-refractivity contribution in [1.82, 2.24) is 0 Å². The molecule has 0 aromatic carbocycles. The highest BCUT2D eigenvalue weighted by Gasteiger charge is 2.33. The van der Waals surface area contributed by atoms with Gasteiger partial charge in [-0.1, -0.05) is 32.4 Å². The number of allylic oxidation sites excluding steroid dienone is 1. The van der Waals surface area contributed by atoms with Crippen molar-refractivity contribution in [3.05, 3.63) is 38.1 Å². The molecule has 0 saturated heterocycles. The van der Waals surface area contributed by atoms with E-state index in [1.54, 1.807) is 27.0 Å². The van der Waals surface area contributed by atoms with Crippen molar-refractivity contribution in [3.8, 4) is 0 Å². The minimum Gasteiger partial charge on any atom is -0.374 e. The molecule has 0 heterocycles. The van der Waals surface area contributed by atoms with Crippen LogP contribution < -0.4 is 0 Å². The van der Waals surface area contributed by atoms with Gasteiger partial charge in [-0.05, 0) is 12.1 Å². The lowest BCUT2D eigenvalue weighted by Crippen LogP contribution is -2.40. The Bertz CT molecular complexity index is 160. The number of unbranched alkanes of at least 4 members (excludes halogenated alkanes) is 2. The fourth-order valence-electron chi connectivity index (χ4n) is 0.848. The van der Waals surface area contributed by atoms with E-state index in [1.165, 1.54) is 19.3 Å². The van der Waals surface area contributed by atoms with E-state index in [9.17, 15) is 0 Å². The van der Waals surface area contributed by atoms with E-state index in [-0.39, 0.29) is 0 Å². The molecule has 0 bridgehead atoms. The van der Waals surface area contributed by atoms with Crippen LogP contribution in [0.25, 0.3) is 0 Å². The smallest absolute Gasteiger partial charge is 0.374 e. The molecule has 0 rings (SSSR count). The molecular weight excluding hydrogens is 232 g/mol. The lowest BCUT2D eigenvalue weighted by molar-refractivity contribution is 0.138. The van der Waals surface area contributed by atoms with Gasteiger partial charge >= 0.3 is 8.80 Å². The second-order valence-corrected chi connectivity index (χ2v) is 5.69. The second kappa shape index (κ2) is 17.7. The Labute approximate surface area is 108 Å². The molecule has 0 aliphatic rings. The fourth-order valence-corrected chi connectivity index (χ4v) is 1.85. The quantitative estimate of drug-likeness (QED) is 0.396. The van der Waals surface area contributed by atoms with Crippen LogP contribution in [-0.4, -0.2) is 30.1 Å². The van der Waals surface area contributed by atoms with Gasteiger partial charge in [0, 0.05) is 21.3 Å². The topological polar surface area (TPSA) is 27.7 Å². The zero-order chi connectivity index (χ0) is 14.2. The molecule has 0 fully saturated rings. The predicted octanol–water partition coefficient (Wildman–Crippen LogP) is 3.75. The summed E-state index contributed by atoms with van der Waals surface area (Å²) in [4.78, 5) is 0. The van der Waals surface area contributed by atoms with E-state index in [4.69, 9.17) is 13.3 Å². The van der Waals surface area contributed by atoms with Crippen LogP contribution in [0, 0.1) is 0 Å². The van der Waals surface area contributed by atoms with Crippen LogP contribution >= 0.6 is 0 Å². The monoisotopic (exact) mass is 260 g/mol. The highest BCUT2D eigenvalue weighted by molar-refractivity contribution is 6.66. The van der Waals surface area contributed by atoms with Crippen molar-refractivity contribution in [1.29, 1.82) is 0 Å². The minimum atomic E-state index is -2.43. The van der Waals surface area contributed by atoms with Crippen molar-refractivity contribution in [2.75, 3.05) is 21.3 Å². The molecule has 0 aliphatic heterocycles. The second-order valence-electron chi connectivity index (χ2n) is 2.85. The number of hydrogen-bond donors (Lipinski definition) is 0. The average Bonchev–Trinajstić information content (AvgIpc) is 2.43. The Morgan fingerprint density at radius 3 is 1.47 bits per heavy atom. The Morgan fingerprint density at radius 1 is 1.00 bits per heavy atom. The molecule has 0 radical (unpaired) electrons. The van der Waals surface area contributed by atoms with Gasteiger partial charge in [0.25, 0.3) is 0 Å². The van der Waals surface area contributed by atoms with Crippen molar-refractivity contribution in [2.45, 2.75) is 26.2 Å². The summed E-state index contributed by atoms with van der Waals surface area (Å²) in [6, 6.07) is 0. The third-order valence-corrected chi connectivity index (χ3v) is 4.07. The Balaban J connectivity index is -0.000000213. The van der Waals surface area contributed by atoms with Gasteiger partial charge in [0.05, 0.1) is 0 Å². The zero-order valence-electron chi connectivity index (χ0n) is 11.8. The van der Waals surface area contributed by atoms with Crippen LogP contribution in [0.5, 0.6) is 0 Å². The van der Waals surface area contributed by atoms with Crippen LogP contribution in [0.3, 0.4) is 0 Å². The molecule has 17 heavy (non-hydrogen) atoms. The van der Waals surface area contributed by atoms with Crippen molar-refractivity contribution in [3.63, 3.8) is 0 Å². The van der Waals surface area contributed by atoms with Gasteiger partial charge in [0.1, 0.15) is 0 Å². The van der Waals surface area contributed by atoms with Gasteiger partial charge < -0.3 is 13.3 Å². The molecule has 0 aromatic heterocycles. The van der Waals surface area contributed by atoms with Crippen molar-refractivity contribution in [2.24, 2.45) is 0 Å². The first-order chi connectivity index (χ1) is 8.16. The molecule has 102 valence electrons. The molecule has 0 spiro atoms. The normalized spacial score (nSPS) is 9.18. The molecular formula is C13H28O3Si. The van der Waals surface area contributed by atoms with Crippen LogP contribution in [0.15, 0.2) is 38.1 Å². The Morgan fingerprint density at radius 2 is 1.41 bits per heavy atom. The van der Waals surface area contributed by atoms with Crippen LogP contribution in [-0.2, 0) is 13.3 Å². The maximum absolute atomic E-state index is 4.96. The molecule has 0 aromatic rings. The summed E-state index contributed by atoms with van der Waals surface area (Å²) < 4.78 is 14.9. The molecule has 0 unspecified atom stereocenters. The highest BCUT2D eigenvalue weighted by atomic mass is 28.4. The molecule has 0 N–H and O–H groups in total. The highest BCUT2D eigenvalue weighted by Crippen LogP contribution is 2.04. The number of rotatable bonds is 7. The summed E-state index contributed by atoms with van der Waals surface area (Å²) in [5.74, 6) is 0. The maximum Gasteiger partial charge on any atom is 0.528 e. The largest absolute Gasteiger partial charge is 0.528 e. The summed E-state index contributed by atoms with van der Waals surface area (Å²) in [7, 11) is 2.20. The van der Waals surface area contributed by atoms with Gasteiger partial charge in [0.15, 0.2) is 0 Å². The molecule has 0 aliphatic carbocycles. The van der Waals surface area contributed by atoms with Gasteiger partial charge in [-0.25, -0.2) is 0 Å². The van der Waals surface area contributed by atoms with Gasteiger partial charge in [-0.2, -0.15) is 0 Å². The maximum atomic E-state index is 4.96. The van der Waals surface area contributed by atoms with Gasteiger partial charge in [0.2, 0.25) is 0 Å². The van der Waals surface area contributed by atoms with Gasteiger partial charge in [-0.3, -0.25) is 0 Å². The lowest BCUT2D eigenvalue weighted by atomic mass is 10.3.